The highest BCUT2D eigenvalue weighted by Gasteiger charge is 2.29. The number of halogens is 1. The van der Waals surface area contributed by atoms with Gasteiger partial charge in [-0.25, -0.2) is 4.39 Å². The second kappa shape index (κ2) is 5.63. The first-order valence-corrected chi connectivity index (χ1v) is 7.04. The van der Waals surface area contributed by atoms with Crippen molar-refractivity contribution in [2.45, 2.75) is 32.0 Å². The smallest absolute Gasteiger partial charge is 0.127 e. The third-order valence-electron chi connectivity index (χ3n) is 3.73. The minimum atomic E-state index is -0.120. The monoisotopic (exact) mass is 270 g/mol. The molecule has 0 unspecified atom stereocenters. The average Bonchev–Trinajstić information content (AvgIpc) is 3.25. The Balaban J connectivity index is 1.75. The Bertz CT molecular complexity index is 593. The molecule has 2 nitrogen and oxygen atoms in total. The van der Waals surface area contributed by atoms with Crippen LogP contribution in [0, 0.1) is 5.82 Å². The van der Waals surface area contributed by atoms with Gasteiger partial charge >= 0.3 is 0 Å². The van der Waals surface area contributed by atoms with Gasteiger partial charge in [-0.15, -0.1) is 0 Å². The predicted octanol–water partition coefficient (Wildman–Crippen LogP) is 3.57. The summed E-state index contributed by atoms with van der Waals surface area (Å²) in [4.78, 5) is 2.34. The van der Waals surface area contributed by atoms with Crippen molar-refractivity contribution in [3.05, 3.63) is 65.5 Å². The van der Waals surface area contributed by atoms with Crippen molar-refractivity contribution >= 4 is 5.69 Å². The zero-order chi connectivity index (χ0) is 13.9. The first-order valence-electron chi connectivity index (χ1n) is 7.04. The van der Waals surface area contributed by atoms with Crippen LogP contribution < -0.4 is 5.73 Å². The van der Waals surface area contributed by atoms with E-state index < -0.39 is 0 Å². The number of anilines is 1. The summed E-state index contributed by atoms with van der Waals surface area (Å²) >= 11 is 0. The van der Waals surface area contributed by atoms with Gasteiger partial charge in [0.1, 0.15) is 5.82 Å². The largest absolute Gasteiger partial charge is 0.399 e. The van der Waals surface area contributed by atoms with E-state index in [1.807, 2.05) is 30.3 Å². The summed E-state index contributed by atoms with van der Waals surface area (Å²) in [6, 6.07) is 15.5. The van der Waals surface area contributed by atoms with Crippen LogP contribution in [0.15, 0.2) is 48.5 Å². The number of nitrogens with zero attached hydrogens (tertiary/aromatic N) is 1. The lowest BCUT2D eigenvalue weighted by atomic mass is 10.1. The fraction of sp³-hybridized carbons (Fsp3) is 0.294. The van der Waals surface area contributed by atoms with E-state index >= 15 is 0 Å². The van der Waals surface area contributed by atoms with Crippen LogP contribution in [-0.4, -0.2) is 10.9 Å². The van der Waals surface area contributed by atoms with Gasteiger partial charge in [-0.05, 0) is 36.6 Å². The first kappa shape index (κ1) is 13.1. The third kappa shape index (κ3) is 3.17. The summed E-state index contributed by atoms with van der Waals surface area (Å²) in [5, 5.41) is 0. The molecule has 1 aliphatic carbocycles. The van der Waals surface area contributed by atoms with Crippen LogP contribution >= 0.6 is 0 Å². The molecule has 1 aliphatic rings. The van der Waals surface area contributed by atoms with Crippen molar-refractivity contribution in [2.75, 3.05) is 5.73 Å². The summed E-state index contributed by atoms with van der Waals surface area (Å²) < 4.78 is 13.8. The second-order valence-electron chi connectivity index (χ2n) is 5.47. The highest BCUT2D eigenvalue weighted by molar-refractivity contribution is 5.40. The molecule has 20 heavy (non-hydrogen) atoms. The van der Waals surface area contributed by atoms with Gasteiger partial charge in [0.25, 0.3) is 0 Å². The number of hydrogen-bond acceptors (Lipinski definition) is 2. The molecule has 0 radical (unpaired) electrons. The normalized spacial score (nSPS) is 14.7. The predicted molar refractivity (Wildman–Crippen MR) is 79.5 cm³/mol. The minimum absolute atomic E-state index is 0.120. The zero-order valence-electron chi connectivity index (χ0n) is 11.4. The molecule has 3 heteroatoms. The minimum Gasteiger partial charge on any atom is -0.399 e. The van der Waals surface area contributed by atoms with E-state index in [-0.39, 0.29) is 5.82 Å². The maximum absolute atomic E-state index is 13.8. The summed E-state index contributed by atoms with van der Waals surface area (Å²) in [6.07, 6.45) is 2.41. The van der Waals surface area contributed by atoms with Gasteiger partial charge in [0.05, 0.1) is 0 Å². The Hall–Kier alpha value is -1.87. The van der Waals surface area contributed by atoms with E-state index in [0.717, 1.165) is 17.8 Å². The van der Waals surface area contributed by atoms with Crippen LogP contribution in [0.25, 0.3) is 0 Å². The van der Waals surface area contributed by atoms with Crippen LogP contribution in [0.1, 0.15) is 24.0 Å². The lowest BCUT2D eigenvalue weighted by molar-refractivity contribution is 0.242. The molecule has 0 aromatic heterocycles. The van der Waals surface area contributed by atoms with Crippen molar-refractivity contribution in [1.82, 2.24) is 4.90 Å². The van der Waals surface area contributed by atoms with Crippen LogP contribution in [-0.2, 0) is 13.1 Å². The molecule has 0 amide bonds. The summed E-state index contributed by atoms with van der Waals surface area (Å²) in [5.41, 5.74) is 8.56. The van der Waals surface area contributed by atoms with Crippen molar-refractivity contribution in [3.63, 3.8) is 0 Å². The van der Waals surface area contributed by atoms with Gasteiger partial charge in [0, 0.05) is 30.4 Å². The Morgan fingerprint density at radius 2 is 1.85 bits per heavy atom. The molecule has 104 valence electrons. The lowest BCUT2D eigenvalue weighted by Gasteiger charge is -2.22. The van der Waals surface area contributed by atoms with Gasteiger partial charge in [-0.1, -0.05) is 30.3 Å². The molecule has 0 spiro atoms. The fourth-order valence-electron chi connectivity index (χ4n) is 2.53. The van der Waals surface area contributed by atoms with Crippen molar-refractivity contribution in [2.24, 2.45) is 0 Å². The van der Waals surface area contributed by atoms with Crippen LogP contribution in [0.5, 0.6) is 0 Å². The van der Waals surface area contributed by atoms with Gasteiger partial charge in [-0.3, -0.25) is 4.90 Å². The quantitative estimate of drug-likeness (QED) is 0.842. The van der Waals surface area contributed by atoms with E-state index in [9.17, 15) is 4.39 Å². The number of rotatable bonds is 5. The Morgan fingerprint density at radius 3 is 2.55 bits per heavy atom. The number of hydrogen-bond donors (Lipinski definition) is 1. The highest BCUT2D eigenvalue weighted by Crippen LogP contribution is 2.30. The Labute approximate surface area is 119 Å². The molecule has 0 saturated heterocycles. The van der Waals surface area contributed by atoms with E-state index in [0.29, 0.717) is 12.6 Å². The molecule has 1 fully saturated rings. The molecule has 0 bridgehead atoms. The van der Waals surface area contributed by atoms with Crippen LogP contribution in [0.4, 0.5) is 10.1 Å². The molecule has 2 N–H and O–H groups in total. The highest BCUT2D eigenvalue weighted by atomic mass is 19.1. The molecule has 1 saturated carbocycles. The van der Waals surface area contributed by atoms with Crippen molar-refractivity contribution in [1.29, 1.82) is 0 Å². The fourth-order valence-corrected chi connectivity index (χ4v) is 2.53. The van der Waals surface area contributed by atoms with Crippen LogP contribution in [0.3, 0.4) is 0 Å². The van der Waals surface area contributed by atoms with Gasteiger partial charge in [-0.2, -0.15) is 0 Å². The summed E-state index contributed by atoms with van der Waals surface area (Å²) in [6.45, 7) is 1.48. The van der Waals surface area contributed by atoms with E-state index in [1.165, 1.54) is 24.5 Å². The van der Waals surface area contributed by atoms with Crippen LogP contribution in [0.2, 0.25) is 0 Å². The molecule has 0 atom stereocenters. The number of benzene rings is 2. The van der Waals surface area contributed by atoms with Crippen molar-refractivity contribution < 1.29 is 4.39 Å². The molecule has 0 heterocycles. The maximum atomic E-state index is 13.8. The molecular weight excluding hydrogens is 251 g/mol. The maximum Gasteiger partial charge on any atom is 0.127 e. The SMILES string of the molecule is Nc1cccc(CN(Cc2ccccc2F)C2CC2)c1. The lowest BCUT2D eigenvalue weighted by Crippen LogP contribution is -2.25. The zero-order valence-corrected chi connectivity index (χ0v) is 11.4. The second-order valence-corrected chi connectivity index (χ2v) is 5.47. The Kier molecular flexibility index (Phi) is 3.70. The number of nitrogens with two attached hydrogens (primary N) is 1. The molecule has 0 aliphatic heterocycles. The summed E-state index contributed by atoms with van der Waals surface area (Å²) in [7, 11) is 0. The van der Waals surface area contributed by atoms with E-state index in [4.69, 9.17) is 5.73 Å². The molecule has 3 rings (SSSR count). The Morgan fingerprint density at radius 1 is 1.05 bits per heavy atom. The molecule has 2 aromatic rings. The first-order chi connectivity index (χ1) is 9.72. The topological polar surface area (TPSA) is 29.3 Å². The van der Waals surface area contributed by atoms with Gasteiger partial charge in [0.2, 0.25) is 0 Å². The molecular formula is C17H19FN2. The average molecular weight is 270 g/mol. The van der Waals surface area contributed by atoms with E-state index in [1.54, 1.807) is 6.07 Å². The van der Waals surface area contributed by atoms with Gasteiger partial charge in [0.15, 0.2) is 0 Å². The van der Waals surface area contributed by atoms with Gasteiger partial charge < -0.3 is 5.73 Å². The van der Waals surface area contributed by atoms with E-state index in [2.05, 4.69) is 11.0 Å². The van der Waals surface area contributed by atoms with Crippen molar-refractivity contribution in [3.8, 4) is 0 Å². The molecule has 2 aromatic carbocycles. The number of nitrogen functional groups attached to an aromatic ring is 1. The summed E-state index contributed by atoms with van der Waals surface area (Å²) in [5.74, 6) is -0.120. The third-order valence-corrected chi connectivity index (χ3v) is 3.73. The standard InChI is InChI=1S/C17H19FN2/c18-17-7-2-1-5-14(17)12-20(16-8-9-16)11-13-4-3-6-15(19)10-13/h1-7,10,16H,8-9,11-12,19H2.